The van der Waals surface area contributed by atoms with Gasteiger partial charge in [0.05, 0.1) is 11.6 Å². The molecule has 0 aliphatic carbocycles. The largest absolute Gasteiger partial charge is 0.434 e. The average Bonchev–Trinajstić information content (AvgIpc) is 2.67. The second-order valence-electron chi connectivity index (χ2n) is 6.38. The molecule has 0 aliphatic heterocycles. The molecule has 7 nitrogen and oxygen atoms in total. The smallest absolute Gasteiger partial charge is 0.387 e. The summed E-state index contributed by atoms with van der Waals surface area (Å²) in [5, 5.41) is 8.73. The highest BCUT2D eigenvalue weighted by molar-refractivity contribution is 6.04. The van der Waals surface area contributed by atoms with Crippen molar-refractivity contribution < 1.29 is 18.3 Å². The van der Waals surface area contributed by atoms with Crippen molar-refractivity contribution in [1.82, 2.24) is 15.2 Å². The van der Waals surface area contributed by atoms with Crippen LogP contribution in [0.4, 0.5) is 8.78 Å². The number of ether oxygens (including phenoxy) is 1. The van der Waals surface area contributed by atoms with Gasteiger partial charge in [0, 0.05) is 12.4 Å². The number of benzene rings is 2. The van der Waals surface area contributed by atoms with Crippen molar-refractivity contribution in [2.75, 3.05) is 0 Å². The van der Waals surface area contributed by atoms with Gasteiger partial charge in [0.2, 0.25) is 0 Å². The number of rotatable bonds is 5. The summed E-state index contributed by atoms with van der Waals surface area (Å²) in [6.07, 6.45) is 1.38. The van der Waals surface area contributed by atoms with Crippen LogP contribution in [0.15, 0.2) is 46.3 Å². The predicted molar refractivity (Wildman–Crippen MR) is 105 cm³/mol. The lowest BCUT2D eigenvalue weighted by Crippen LogP contribution is -2.27. The van der Waals surface area contributed by atoms with Gasteiger partial charge in [-0.15, -0.1) is 0 Å². The van der Waals surface area contributed by atoms with Crippen LogP contribution < -0.4 is 15.7 Å². The van der Waals surface area contributed by atoms with E-state index in [0.717, 1.165) is 4.68 Å². The van der Waals surface area contributed by atoms with Crippen LogP contribution in [-0.2, 0) is 7.05 Å². The number of aromatic nitrogens is 2. The Morgan fingerprint density at radius 2 is 1.83 bits per heavy atom. The van der Waals surface area contributed by atoms with Crippen molar-refractivity contribution in [1.29, 1.82) is 0 Å². The number of nitrogens with zero attached hydrogens (tertiary/aromatic N) is 3. The van der Waals surface area contributed by atoms with Crippen LogP contribution in [0, 0.1) is 13.8 Å². The van der Waals surface area contributed by atoms with Crippen molar-refractivity contribution >= 4 is 22.9 Å². The van der Waals surface area contributed by atoms with Crippen molar-refractivity contribution in [3.63, 3.8) is 0 Å². The molecule has 2 aromatic carbocycles. The van der Waals surface area contributed by atoms with E-state index >= 15 is 0 Å². The normalized spacial score (nSPS) is 11.4. The van der Waals surface area contributed by atoms with E-state index in [-0.39, 0.29) is 17.0 Å². The summed E-state index contributed by atoms with van der Waals surface area (Å²) in [6, 6.07) is 9.89. The van der Waals surface area contributed by atoms with E-state index in [2.05, 4.69) is 20.4 Å². The van der Waals surface area contributed by atoms with Crippen molar-refractivity contribution in [3.8, 4) is 5.75 Å². The van der Waals surface area contributed by atoms with E-state index in [4.69, 9.17) is 0 Å². The zero-order valence-corrected chi connectivity index (χ0v) is 15.9. The fourth-order valence-electron chi connectivity index (χ4n) is 3.02. The third-order valence-corrected chi connectivity index (χ3v) is 4.24. The Hall–Kier alpha value is -3.62. The number of nitrogens with one attached hydrogen (secondary N) is 1. The monoisotopic (exact) mass is 400 g/mol. The van der Waals surface area contributed by atoms with Crippen LogP contribution >= 0.6 is 0 Å². The molecule has 3 aromatic rings. The Morgan fingerprint density at radius 3 is 2.45 bits per heavy atom. The lowest BCUT2D eigenvalue weighted by molar-refractivity contribution is -0.0507. The number of fused-ring (bicyclic) bond motifs is 1. The number of alkyl halides is 2. The minimum Gasteiger partial charge on any atom is -0.434 e. The number of halogens is 2. The van der Waals surface area contributed by atoms with Crippen LogP contribution in [-0.4, -0.2) is 28.5 Å². The van der Waals surface area contributed by atoms with Gasteiger partial charge in [-0.2, -0.15) is 19.0 Å². The molecule has 1 heterocycles. The molecule has 3 rings (SSSR count). The topological polar surface area (TPSA) is 85.6 Å². The molecule has 9 heteroatoms. The maximum atomic E-state index is 12.5. The standard InChI is InChI=1S/C20H18F2N4O3/c1-11-8-13(9-12(2)17(11)29-20(21)22)10-23-24-18(27)16-14-6-4-5-7-15(14)19(28)26(3)25-16/h4-10,20H,1-3H3,(H,24,27)/b23-10-. The summed E-state index contributed by atoms with van der Waals surface area (Å²) in [4.78, 5) is 24.7. The number of carbonyl (C=O) groups is 1. The Morgan fingerprint density at radius 1 is 1.21 bits per heavy atom. The first-order valence-corrected chi connectivity index (χ1v) is 8.63. The number of aryl methyl sites for hydroxylation is 3. The number of hydrogen-bond donors (Lipinski definition) is 1. The Kier molecular flexibility index (Phi) is 5.67. The van der Waals surface area contributed by atoms with Crippen molar-refractivity contribution in [2.45, 2.75) is 20.5 Å². The molecular weight excluding hydrogens is 382 g/mol. The molecule has 0 fully saturated rings. The molecule has 0 atom stereocenters. The minimum absolute atomic E-state index is 0.0629. The molecular formula is C20H18F2N4O3. The van der Waals surface area contributed by atoms with E-state index < -0.39 is 12.5 Å². The number of hydrogen-bond acceptors (Lipinski definition) is 5. The van der Waals surface area contributed by atoms with Gasteiger partial charge >= 0.3 is 6.61 Å². The fourth-order valence-corrected chi connectivity index (χ4v) is 3.02. The second-order valence-corrected chi connectivity index (χ2v) is 6.38. The summed E-state index contributed by atoms with van der Waals surface area (Å²) in [5.74, 6) is -0.471. The van der Waals surface area contributed by atoms with Gasteiger partial charge in [-0.25, -0.2) is 10.1 Å². The Labute approximate surface area is 164 Å². The van der Waals surface area contributed by atoms with Gasteiger partial charge in [-0.3, -0.25) is 9.59 Å². The van der Waals surface area contributed by atoms with Gasteiger partial charge in [0.15, 0.2) is 5.69 Å². The summed E-state index contributed by atoms with van der Waals surface area (Å²) < 4.78 is 30.6. The lowest BCUT2D eigenvalue weighted by atomic mass is 10.1. The van der Waals surface area contributed by atoms with Crippen molar-refractivity contribution in [2.24, 2.45) is 12.1 Å². The predicted octanol–water partition coefficient (Wildman–Crippen LogP) is 2.92. The molecule has 0 bridgehead atoms. The molecule has 29 heavy (non-hydrogen) atoms. The number of carbonyl (C=O) groups excluding carboxylic acids is 1. The van der Waals surface area contributed by atoms with E-state index in [1.807, 2.05) is 0 Å². The SMILES string of the molecule is Cc1cc(/C=N\NC(=O)c2nn(C)c(=O)c3ccccc23)cc(C)c1OC(F)F. The molecule has 150 valence electrons. The minimum atomic E-state index is -2.91. The fraction of sp³-hybridized carbons (Fsp3) is 0.200. The molecule has 1 amide bonds. The van der Waals surface area contributed by atoms with Gasteiger partial charge in [-0.1, -0.05) is 18.2 Å². The lowest BCUT2D eigenvalue weighted by Gasteiger charge is -2.11. The van der Waals surface area contributed by atoms with E-state index in [1.165, 1.54) is 13.3 Å². The first kappa shape index (κ1) is 20.1. The van der Waals surface area contributed by atoms with Crippen LogP contribution in [0.25, 0.3) is 10.8 Å². The Bertz CT molecular complexity index is 1150. The van der Waals surface area contributed by atoms with E-state index in [9.17, 15) is 18.4 Å². The maximum Gasteiger partial charge on any atom is 0.387 e. The van der Waals surface area contributed by atoms with Crippen LogP contribution in [0.5, 0.6) is 5.75 Å². The number of amides is 1. The molecule has 1 N–H and O–H groups in total. The molecule has 0 unspecified atom stereocenters. The maximum absolute atomic E-state index is 12.5. The summed E-state index contributed by atoms with van der Waals surface area (Å²) in [6.45, 7) is 0.373. The molecule has 1 aromatic heterocycles. The Balaban J connectivity index is 1.83. The quantitative estimate of drug-likeness (QED) is 0.527. The second kappa shape index (κ2) is 8.17. The first-order chi connectivity index (χ1) is 13.8. The first-order valence-electron chi connectivity index (χ1n) is 8.63. The summed E-state index contributed by atoms with van der Waals surface area (Å²) in [7, 11) is 1.46. The number of hydrazone groups is 1. The van der Waals surface area contributed by atoms with Crippen LogP contribution in [0.3, 0.4) is 0 Å². The third kappa shape index (κ3) is 4.29. The highest BCUT2D eigenvalue weighted by atomic mass is 19.3. The molecule has 0 saturated carbocycles. The van der Waals surface area contributed by atoms with Gasteiger partial charge in [0.25, 0.3) is 11.5 Å². The highest BCUT2D eigenvalue weighted by Gasteiger charge is 2.15. The molecule has 0 aliphatic rings. The zero-order chi connectivity index (χ0) is 21.1. The molecule has 0 radical (unpaired) electrons. The molecule has 0 saturated heterocycles. The molecule has 0 spiro atoms. The van der Waals surface area contributed by atoms with E-state index in [0.29, 0.717) is 27.5 Å². The third-order valence-electron chi connectivity index (χ3n) is 4.24. The average molecular weight is 400 g/mol. The van der Waals surface area contributed by atoms with Crippen molar-refractivity contribution in [3.05, 3.63) is 69.1 Å². The zero-order valence-electron chi connectivity index (χ0n) is 15.9. The van der Waals surface area contributed by atoms with Gasteiger partial charge in [-0.05, 0) is 48.7 Å². The van der Waals surface area contributed by atoms with E-state index in [1.54, 1.807) is 50.2 Å². The van der Waals surface area contributed by atoms with Gasteiger partial charge in [0.1, 0.15) is 5.75 Å². The van der Waals surface area contributed by atoms with Crippen LogP contribution in [0.2, 0.25) is 0 Å². The van der Waals surface area contributed by atoms with Crippen LogP contribution in [0.1, 0.15) is 27.2 Å². The summed E-state index contributed by atoms with van der Waals surface area (Å²) in [5.41, 5.74) is 3.76. The van der Waals surface area contributed by atoms with Gasteiger partial charge < -0.3 is 4.74 Å². The highest BCUT2D eigenvalue weighted by Crippen LogP contribution is 2.25. The summed E-state index contributed by atoms with van der Waals surface area (Å²) >= 11 is 0.